The van der Waals surface area contributed by atoms with E-state index in [-0.39, 0.29) is 29.6 Å². The van der Waals surface area contributed by atoms with Crippen LogP contribution in [0, 0.1) is 34.0 Å². The summed E-state index contributed by atoms with van der Waals surface area (Å²) in [4.78, 5) is 54.4. The molecule has 1 aliphatic carbocycles. The number of anilines is 1. The van der Waals surface area contributed by atoms with E-state index in [1.165, 1.54) is 12.0 Å². The Morgan fingerprint density at radius 3 is 2.55 bits per heavy atom. The van der Waals surface area contributed by atoms with E-state index >= 15 is 0 Å². The van der Waals surface area contributed by atoms with Gasteiger partial charge in [0.05, 0.1) is 11.8 Å². The Hall–Kier alpha value is -3.65. The van der Waals surface area contributed by atoms with Crippen LogP contribution in [-0.2, 0) is 23.9 Å². The molecule has 2 fully saturated rings. The smallest absolute Gasteiger partial charge is 0.265 e. The molecule has 1 saturated heterocycles. The lowest BCUT2D eigenvalue weighted by atomic mass is 9.85. The Kier molecular flexibility index (Phi) is 7.87. The van der Waals surface area contributed by atoms with Gasteiger partial charge in [0, 0.05) is 20.1 Å². The highest BCUT2D eigenvalue weighted by Crippen LogP contribution is 2.65. The molecule has 0 radical (unpaired) electrons. The van der Waals surface area contributed by atoms with Gasteiger partial charge >= 0.3 is 0 Å². The second-order valence-electron chi connectivity index (χ2n) is 12.6. The zero-order valence-electron chi connectivity index (χ0n) is 24.1. The van der Waals surface area contributed by atoms with Crippen molar-refractivity contribution < 1.29 is 28.7 Å². The molecule has 1 aromatic carbocycles. The van der Waals surface area contributed by atoms with Crippen LogP contribution in [0.15, 0.2) is 24.3 Å². The molecule has 0 spiro atoms. The third-order valence-corrected chi connectivity index (χ3v) is 8.51. The summed E-state index contributed by atoms with van der Waals surface area (Å²) in [6, 6.07) is 6.33. The molecule has 0 aromatic heterocycles. The Morgan fingerprint density at radius 2 is 1.93 bits per heavy atom. The monoisotopic (exact) mass is 553 g/mol. The number of methoxy groups -OCH3 is 1. The number of ether oxygens (including phenoxy) is 2. The molecular formula is C29H39N5O6. The maximum absolute atomic E-state index is 13.9. The van der Waals surface area contributed by atoms with E-state index in [4.69, 9.17) is 9.47 Å². The quantitative estimate of drug-likeness (QED) is 0.445. The molecule has 0 bridgehead atoms. The van der Waals surface area contributed by atoms with Crippen LogP contribution in [-0.4, -0.2) is 72.5 Å². The van der Waals surface area contributed by atoms with Crippen LogP contribution < -0.4 is 20.7 Å². The first-order valence-corrected chi connectivity index (χ1v) is 13.6. The molecule has 0 unspecified atom stereocenters. The van der Waals surface area contributed by atoms with Crippen molar-refractivity contribution in [3.8, 4) is 11.8 Å². The third-order valence-electron chi connectivity index (χ3n) is 8.51. The number of rotatable bonds is 8. The van der Waals surface area contributed by atoms with Crippen molar-refractivity contribution in [2.45, 2.75) is 78.3 Å². The van der Waals surface area contributed by atoms with E-state index in [1.54, 1.807) is 31.2 Å². The number of carbonyl (C=O) groups excluding carboxylic acids is 4. The highest BCUT2D eigenvalue weighted by Gasteiger charge is 2.69. The number of carbonyl (C=O) groups is 4. The topological polar surface area (TPSA) is 150 Å². The molecule has 1 aromatic rings. The van der Waals surface area contributed by atoms with Crippen molar-refractivity contribution in [2.24, 2.45) is 22.7 Å². The maximum Gasteiger partial charge on any atom is 0.265 e. The minimum absolute atomic E-state index is 0.0594. The molecule has 2 aliphatic heterocycles. The summed E-state index contributed by atoms with van der Waals surface area (Å²) in [6.07, 6.45) is -1.77. The van der Waals surface area contributed by atoms with Crippen LogP contribution in [0.4, 0.5) is 5.69 Å². The van der Waals surface area contributed by atoms with Crippen LogP contribution in [0.5, 0.6) is 5.75 Å². The number of piperidine rings is 1. The van der Waals surface area contributed by atoms with Gasteiger partial charge in [-0.1, -0.05) is 46.8 Å². The first kappa shape index (κ1) is 29.3. The van der Waals surface area contributed by atoms with E-state index < -0.39 is 53.5 Å². The fraction of sp³-hybridized carbons (Fsp3) is 0.621. The zero-order chi connectivity index (χ0) is 29.6. The average Bonchev–Trinajstić information content (AvgIpc) is 3.22. The average molecular weight is 554 g/mol. The zero-order valence-corrected chi connectivity index (χ0v) is 24.1. The Morgan fingerprint density at radius 1 is 1.25 bits per heavy atom. The summed E-state index contributed by atoms with van der Waals surface area (Å²) >= 11 is 0. The number of hydrogen-bond donors (Lipinski definition) is 3. The van der Waals surface area contributed by atoms with Crippen molar-refractivity contribution in [3.05, 3.63) is 24.3 Å². The molecule has 40 heavy (non-hydrogen) atoms. The number of likely N-dealkylation sites (tertiary alicyclic amines) is 1. The largest absolute Gasteiger partial charge is 0.478 e. The number of para-hydroxylation sites is 2. The van der Waals surface area contributed by atoms with Gasteiger partial charge in [0.25, 0.3) is 5.91 Å². The van der Waals surface area contributed by atoms with Crippen LogP contribution in [0.25, 0.3) is 0 Å². The molecule has 11 nitrogen and oxygen atoms in total. The lowest BCUT2D eigenvalue weighted by Crippen LogP contribution is -2.60. The summed E-state index contributed by atoms with van der Waals surface area (Å²) in [5.74, 6) is -1.12. The minimum Gasteiger partial charge on any atom is -0.478 e. The van der Waals surface area contributed by atoms with Gasteiger partial charge < -0.3 is 30.3 Å². The van der Waals surface area contributed by atoms with E-state index in [1.807, 2.05) is 20.8 Å². The molecule has 7 atom stereocenters. The van der Waals surface area contributed by atoms with Gasteiger partial charge in [0.1, 0.15) is 30.0 Å². The SMILES string of the molecule is CO[C@@H](C)C(=O)N[C@H](C(=O)N1C[C@H]2[C@@H]([C@H]1C(=O)N[C@H](C#N)C[C@@H]1Oc3ccccc3NC1=O)C2(C)C)C(C)(C)C. The summed E-state index contributed by atoms with van der Waals surface area (Å²) in [5, 5.41) is 18.2. The molecule has 3 aliphatic rings. The van der Waals surface area contributed by atoms with Crippen LogP contribution in [0.1, 0.15) is 48.0 Å². The van der Waals surface area contributed by atoms with Crippen molar-refractivity contribution in [3.63, 3.8) is 0 Å². The van der Waals surface area contributed by atoms with E-state index in [0.29, 0.717) is 18.0 Å². The molecule has 4 amide bonds. The predicted octanol–water partition coefficient (Wildman–Crippen LogP) is 1.83. The number of nitrogens with zero attached hydrogens (tertiary/aromatic N) is 2. The van der Waals surface area contributed by atoms with Gasteiger partial charge in [0.2, 0.25) is 17.7 Å². The first-order valence-electron chi connectivity index (χ1n) is 13.6. The predicted molar refractivity (Wildman–Crippen MR) is 146 cm³/mol. The fourth-order valence-corrected chi connectivity index (χ4v) is 5.86. The standard InChI is InChI=1S/C29H39N5O6/c1-15(39-7)24(35)33-23(28(2,3)4)27(38)34-14-17-21(29(17,5)6)22(34)26(37)31-16(13-30)12-20-25(36)32-18-10-8-9-11-19(18)40-20/h8-11,15-17,20-23H,12,14H2,1-7H3,(H,31,37)(H,32,36)(H,33,35)/t15-,16-,17-,20-,21-,22-,23+/m0/s1. The van der Waals surface area contributed by atoms with Gasteiger partial charge in [-0.15, -0.1) is 0 Å². The summed E-state index contributed by atoms with van der Waals surface area (Å²) in [6.45, 7) is 11.6. The molecule has 216 valence electrons. The number of benzene rings is 1. The third kappa shape index (κ3) is 5.50. The summed E-state index contributed by atoms with van der Waals surface area (Å²) < 4.78 is 10.9. The molecule has 4 rings (SSSR count). The molecule has 3 N–H and O–H groups in total. The molecular weight excluding hydrogens is 514 g/mol. The summed E-state index contributed by atoms with van der Waals surface area (Å²) in [7, 11) is 1.42. The number of nitriles is 1. The van der Waals surface area contributed by atoms with Gasteiger partial charge in [-0.05, 0) is 41.7 Å². The second kappa shape index (κ2) is 10.7. The van der Waals surface area contributed by atoms with Crippen LogP contribution in [0.3, 0.4) is 0 Å². The normalized spacial score (nSPS) is 26.6. The maximum atomic E-state index is 13.9. The molecule has 1 saturated carbocycles. The first-order chi connectivity index (χ1) is 18.7. The van der Waals surface area contributed by atoms with Crippen molar-refractivity contribution in [1.29, 1.82) is 5.26 Å². The van der Waals surface area contributed by atoms with Crippen LogP contribution >= 0.6 is 0 Å². The van der Waals surface area contributed by atoms with E-state index in [0.717, 1.165) is 0 Å². The van der Waals surface area contributed by atoms with Gasteiger partial charge in [-0.2, -0.15) is 5.26 Å². The number of fused-ring (bicyclic) bond motifs is 2. The Balaban J connectivity index is 1.51. The van der Waals surface area contributed by atoms with Gasteiger partial charge in [-0.3, -0.25) is 19.2 Å². The van der Waals surface area contributed by atoms with Crippen molar-refractivity contribution in [2.75, 3.05) is 19.0 Å². The minimum atomic E-state index is -1.02. The Bertz CT molecular complexity index is 1230. The second-order valence-corrected chi connectivity index (χ2v) is 12.6. The molecule has 11 heteroatoms. The lowest BCUT2D eigenvalue weighted by molar-refractivity contribution is -0.147. The van der Waals surface area contributed by atoms with Gasteiger partial charge in [0.15, 0.2) is 6.10 Å². The van der Waals surface area contributed by atoms with E-state index in [2.05, 4.69) is 35.9 Å². The van der Waals surface area contributed by atoms with Gasteiger partial charge in [-0.25, -0.2) is 0 Å². The molecule has 2 heterocycles. The van der Waals surface area contributed by atoms with E-state index in [9.17, 15) is 24.4 Å². The van der Waals surface area contributed by atoms with Crippen molar-refractivity contribution >= 4 is 29.3 Å². The Labute approximate surface area is 234 Å². The van der Waals surface area contributed by atoms with Crippen molar-refractivity contribution in [1.82, 2.24) is 15.5 Å². The number of nitrogens with one attached hydrogen (secondary N) is 3. The number of hydrogen-bond acceptors (Lipinski definition) is 7. The number of amides is 4. The van der Waals surface area contributed by atoms with Crippen LogP contribution in [0.2, 0.25) is 0 Å². The highest BCUT2D eigenvalue weighted by atomic mass is 16.5. The fourth-order valence-electron chi connectivity index (χ4n) is 5.86. The lowest BCUT2D eigenvalue weighted by Gasteiger charge is -2.38. The highest BCUT2D eigenvalue weighted by molar-refractivity contribution is 5.98. The summed E-state index contributed by atoms with van der Waals surface area (Å²) in [5.41, 5.74) is -0.244.